The van der Waals surface area contributed by atoms with E-state index < -0.39 is 0 Å². The summed E-state index contributed by atoms with van der Waals surface area (Å²) in [5.74, 6) is 0.981. The zero-order chi connectivity index (χ0) is 18.4. The Labute approximate surface area is 151 Å². The molecule has 0 aliphatic carbocycles. The van der Waals surface area contributed by atoms with E-state index in [1.54, 1.807) is 7.11 Å². The molecule has 0 aliphatic rings. The van der Waals surface area contributed by atoms with E-state index in [-0.39, 0.29) is 11.9 Å². The van der Waals surface area contributed by atoms with Crippen LogP contribution in [0.3, 0.4) is 0 Å². The van der Waals surface area contributed by atoms with Gasteiger partial charge in [-0.2, -0.15) is 0 Å². The molecule has 3 nitrogen and oxygen atoms in total. The number of amides is 1. The van der Waals surface area contributed by atoms with Gasteiger partial charge in [-0.1, -0.05) is 42.8 Å². The molecular weight excluding hydrogens is 310 g/mol. The van der Waals surface area contributed by atoms with Crippen LogP contribution in [0.1, 0.15) is 53.6 Å². The molecule has 0 saturated heterocycles. The fourth-order valence-electron chi connectivity index (χ4n) is 3.24. The van der Waals surface area contributed by atoms with Crippen LogP contribution in [-0.4, -0.2) is 13.0 Å². The van der Waals surface area contributed by atoms with Gasteiger partial charge < -0.3 is 10.1 Å². The molecule has 0 saturated carbocycles. The molecule has 0 unspecified atom stereocenters. The van der Waals surface area contributed by atoms with E-state index in [1.165, 1.54) is 16.7 Å². The van der Waals surface area contributed by atoms with Gasteiger partial charge in [-0.15, -0.1) is 0 Å². The van der Waals surface area contributed by atoms with Gasteiger partial charge in [0.25, 0.3) is 0 Å². The summed E-state index contributed by atoms with van der Waals surface area (Å²) in [6.45, 7) is 8.33. The molecule has 0 spiro atoms. The first-order chi connectivity index (χ1) is 11.9. The minimum Gasteiger partial charge on any atom is -0.496 e. The Hall–Kier alpha value is -2.29. The number of hydrogen-bond acceptors (Lipinski definition) is 2. The lowest BCUT2D eigenvalue weighted by Crippen LogP contribution is -2.28. The lowest BCUT2D eigenvalue weighted by atomic mass is 9.97. The van der Waals surface area contributed by atoms with Crippen molar-refractivity contribution >= 4 is 5.91 Å². The van der Waals surface area contributed by atoms with Crippen LogP contribution in [0.2, 0.25) is 0 Å². The molecule has 0 fully saturated rings. The van der Waals surface area contributed by atoms with Crippen LogP contribution in [0.15, 0.2) is 36.4 Å². The Kier molecular flexibility index (Phi) is 6.63. The molecule has 25 heavy (non-hydrogen) atoms. The monoisotopic (exact) mass is 339 g/mol. The van der Waals surface area contributed by atoms with Crippen molar-refractivity contribution < 1.29 is 9.53 Å². The van der Waals surface area contributed by atoms with Crippen LogP contribution in [0.5, 0.6) is 5.75 Å². The van der Waals surface area contributed by atoms with E-state index in [0.717, 1.165) is 29.7 Å². The highest BCUT2D eigenvalue weighted by Crippen LogP contribution is 2.22. The summed E-state index contributed by atoms with van der Waals surface area (Å²) >= 11 is 0. The van der Waals surface area contributed by atoms with E-state index in [0.29, 0.717) is 6.42 Å². The fourth-order valence-corrected chi connectivity index (χ4v) is 3.24. The van der Waals surface area contributed by atoms with E-state index in [1.807, 2.05) is 19.1 Å². The predicted molar refractivity (Wildman–Crippen MR) is 103 cm³/mol. The topological polar surface area (TPSA) is 38.3 Å². The molecule has 1 N–H and O–H groups in total. The Bertz CT molecular complexity index is 737. The van der Waals surface area contributed by atoms with Crippen molar-refractivity contribution in [1.82, 2.24) is 5.32 Å². The minimum absolute atomic E-state index is 0.0747. The van der Waals surface area contributed by atoms with Crippen LogP contribution in [0, 0.1) is 20.8 Å². The SMILES string of the molecule is CC[C@H](NC(=O)CCc1ccc(OC)c(C)c1)c1ccc(C)cc1C. The third-order valence-electron chi connectivity index (χ3n) is 4.64. The number of carbonyl (C=O) groups excluding carboxylic acids is 1. The first-order valence-corrected chi connectivity index (χ1v) is 8.94. The maximum atomic E-state index is 12.4. The largest absolute Gasteiger partial charge is 0.496 e. The van der Waals surface area contributed by atoms with E-state index in [2.05, 4.69) is 50.4 Å². The summed E-state index contributed by atoms with van der Waals surface area (Å²) < 4.78 is 5.28. The summed E-state index contributed by atoms with van der Waals surface area (Å²) in [5.41, 5.74) is 5.95. The molecule has 1 atom stereocenters. The smallest absolute Gasteiger partial charge is 0.220 e. The van der Waals surface area contributed by atoms with Crippen molar-refractivity contribution in [2.45, 2.75) is 53.0 Å². The van der Waals surface area contributed by atoms with Crippen LogP contribution in [-0.2, 0) is 11.2 Å². The number of nitrogens with one attached hydrogen (secondary N) is 1. The molecule has 2 aromatic rings. The van der Waals surface area contributed by atoms with Gasteiger partial charge >= 0.3 is 0 Å². The number of aryl methyl sites for hydroxylation is 4. The number of methoxy groups -OCH3 is 1. The van der Waals surface area contributed by atoms with Gasteiger partial charge in [0.15, 0.2) is 0 Å². The summed E-state index contributed by atoms with van der Waals surface area (Å²) in [5, 5.41) is 3.19. The first kappa shape index (κ1) is 19.0. The molecule has 0 bridgehead atoms. The Morgan fingerprint density at radius 3 is 2.44 bits per heavy atom. The number of rotatable bonds is 7. The zero-order valence-electron chi connectivity index (χ0n) is 16.0. The van der Waals surface area contributed by atoms with Gasteiger partial charge in [0, 0.05) is 6.42 Å². The van der Waals surface area contributed by atoms with E-state index in [9.17, 15) is 4.79 Å². The molecule has 0 aliphatic heterocycles. The van der Waals surface area contributed by atoms with E-state index in [4.69, 9.17) is 4.74 Å². The Morgan fingerprint density at radius 2 is 1.84 bits per heavy atom. The molecule has 2 aromatic carbocycles. The number of hydrogen-bond donors (Lipinski definition) is 1. The van der Waals surface area contributed by atoms with Crippen molar-refractivity contribution in [2.75, 3.05) is 7.11 Å². The van der Waals surface area contributed by atoms with Crippen LogP contribution in [0.25, 0.3) is 0 Å². The molecule has 3 heteroatoms. The maximum absolute atomic E-state index is 12.4. The van der Waals surface area contributed by atoms with Crippen molar-refractivity contribution in [3.8, 4) is 5.75 Å². The van der Waals surface area contributed by atoms with Crippen molar-refractivity contribution in [1.29, 1.82) is 0 Å². The lowest BCUT2D eigenvalue weighted by Gasteiger charge is -2.20. The van der Waals surface area contributed by atoms with Crippen LogP contribution >= 0.6 is 0 Å². The first-order valence-electron chi connectivity index (χ1n) is 8.94. The standard InChI is InChI=1S/C22H29NO2/c1-6-20(19-10-7-15(2)13-16(19)3)23-22(24)12-9-18-8-11-21(25-5)17(4)14-18/h7-8,10-11,13-14,20H,6,9,12H2,1-5H3,(H,23,24)/t20-/m0/s1. The average Bonchev–Trinajstić information content (AvgIpc) is 2.58. The highest BCUT2D eigenvalue weighted by molar-refractivity contribution is 5.76. The van der Waals surface area contributed by atoms with Crippen LogP contribution < -0.4 is 10.1 Å². The quantitative estimate of drug-likeness (QED) is 0.785. The summed E-state index contributed by atoms with van der Waals surface area (Å²) in [7, 11) is 1.67. The van der Waals surface area contributed by atoms with Gasteiger partial charge in [0.05, 0.1) is 13.2 Å². The van der Waals surface area contributed by atoms with Gasteiger partial charge in [0.1, 0.15) is 5.75 Å². The van der Waals surface area contributed by atoms with Gasteiger partial charge in [-0.3, -0.25) is 4.79 Å². The van der Waals surface area contributed by atoms with Gasteiger partial charge in [0.2, 0.25) is 5.91 Å². The number of benzene rings is 2. The summed E-state index contributed by atoms with van der Waals surface area (Å²) in [6.07, 6.45) is 2.12. The van der Waals surface area contributed by atoms with Crippen molar-refractivity contribution in [3.05, 3.63) is 64.2 Å². The Balaban J connectivity index is 1.97. The summed E-state index contributed by atoms with van der Waals surface area (Å²) in [4.78, 5) is 12.4. The second-order valence-corrected chi connectivity index (χ2v) is 6.69. The minimum atomic E-state index is 0.0747. The fraction of sp³-hybridized carbons (Fsp3) is 0.409. The molecule has 0 heterocycles. The zero-order valence-corrected chi connectivity index (χ0v) is 16.0. The van der Waals surface area contributed by atoms with Crippen molar-refractivity contribution in [3.63, 3.8) is 0 Å². The highest BCUT2D eigenvalue weighted by Gasteiger charge is 2.15. The van der Waals surface area contributed by atoms with Gasteiger partial charge in [-0.25, -0.2) is 0 Å². The molecule has 0 aromatic heterocycles. The molecule has 134 valence electrons. The second kappa shape index (κ2) is 8.70. The highest BCUT2D eigenvalue weighted by atomic mass is 16.5. The maximum Gasteiger partial charge on any atom is 0.220 e. The molecular formula is C22H29NO2. The number of ether oxygens (including phenoxy) is 1. The molecule has 1 amide bonds. The molecule has 2 rings (SSSR count). The average molecular weight is 339 g/mol. The normalized spacial score (nSPS) is 11.9. The van der Waals surface area contributed by atoms with Crippen LogP contribution in [0.4, 0.5) is 0 Å². The number of carbonyl (C=O) groups is 1. The third-order valence-corrected chi connectivity index (χ3v) is 4.64. The van der Waals surface area contributed by atoms with Crippen molar-refractivity contribution in [2.24, 2.45) is 0 Å². The lowest BCUT2D eigenvalue weighted by molar-refractivity contribution is -0.121. The Morgan fingerprint density at radius 1 is 1.08 bits per heavy atom. The summed E-state index contributed by atoms with van der Waals surface area (Å²) in [6, 6.07) is 12.6. The van der Waals surface area contributed by atoms with E-state index >= 15 is 0 Å². The van der Waals surface area contributed by atoms with Gasteiger partial charge in [-0.05, 0) is 61.9 Å². The second-order valence-electron chi connectivity index (χ2n) is 6.69. The third kappa shape index (κ3) is 5.09. The molecule has 0 radical (unpaired) electrons. The predicted octanol–water partition coefficient (Wildman–Crippen LogP) is 4.82.